The highest BCUT2D eigenvalue weighted by Crippen LogP contribution is 2.43. The zero-order valence-corrected chi connectivity index (χ0v) is 15.8. The number of amides is 3. The molecule has 1 N–H and O–H groups in total. The van der Waals surface area contributed by atoms with E-state index < -0.39 is 11.4 Å². The van der Waals surface area contributed by atoms with Gasteiger partial charge in [-0.05, 0) is 32.1 Å². The van der Waals surface area contributed by atoms with E-state index in [-0.39, 0.29) is 23.8 Å². The SMILES string of the molecule is O=C(C1CCN(C(=O)N2CCCC2)CC1)N1C[C@H]2COCC[C@@]2(C(=O)O)C1. The number of ether oxygens (including phenoxy) is 1. The van der Waals surface area contributed by atoms with Crippen LogP contribution in [0, 0.1) is 17.3 Å². The number of hydrogen-bond donors (Lipinski definition) is 1. The highest BCUT2D eigenvalue weighted by Gasteiger charge is 2.55. The van der Waals surface area contributed by atoms with Gasteiger partial charge in [0.1, 0.15) is 0 Å². The number of aliphatic carboxylic acids is 1. The summed E-state index contributed by atoms with van der Waals surface area (Å²) in [6.07, 6.45) is 3.95. The number of carboxylic acid groups (broad SMARTS) is 1. The van der Waals surface area contributed by atoms with Gasteiger partial charge in [0, 0.05) is 57.7 Å². The number of likely N-dealkylation sites (tertiary alicyclic amines) is 3. The summed E-state index contributed by atoms with van der Waals surface area (Å²) in [5, 5.41) is 9.77. The van der Waals surface area contributed by atoms with Crippen molar-refractivity contribution in [1.29, 1.82) is 0 Å². The summed E-state index contributed by atoms with van der Waals surface area (Å²) >= 11 is 0. The fourth-order valence-corrected chi connectivity index (χ4v) is 5.15. The van der Waals surface area contributed by atoms with Crippen LogP contribution in [-0.4, -0.2) is 90.2 Å². The van der Waals surface area contributed by atoms with Gasteiger partial charge in [0.25, 0.3) is 0 Å². The zero-order chi connectivity index (χ0) is 19.0. The van der Waals surface area contributed by atoms with E-state index in [1.54, 1.807) is 4.90 Å². The van der Waals surface area contributed by atoms with Crippen LogP contribution >= 0.6 is 0 Å². The maximum absolute atomic E-state index is 13.0. The van der Waals surface area contributed by atoms with Crippen LogP contribution in [0.15, 0.2) is 0 Å². The second kappa shape index (κ2) is 7.30. The summed E-state index contributed by atoms with van der Waals surface area (Å²) in [5.41, 5.74) is -0.847. The molecule has 4 fully saturated rings. The van der Waals surface area contributed by atoms with Crippen molar-refractivity contribution < 1.29 is 24.2 Å². The van der Waals surface area contributed by atoms with Crippen LogP contribution in [0.25, 0.3) is 0 Å². The first-order valence-electron chi connectivity index (χ1n) is 10.1. The Kier molecular flexibility index (Phi) is 5.01. The Morgan fingerprint density at radius 3 is 2.26 bits per heavy atom. The lowest BCUT2D eigenvalue weighted by Gasteiger charge is -2.35. The van der Waals surface area contributed by atoms with Crippen LogP contribution in [0.5, 0.6) is 0 Å². The lowest BCUT2D eigenvalue weighted by Crippen LogP contribution is -2.48. The van der Waals surface area contributed by atoms with Crippen molar-refractivity contribution in [3.05, 3.63) is 0 Å². The maximum atomic E-state index is 13.0. The van der Waals surface area contributed by atoms with Gasteiger partial charge >= 0.3 is 12.0 Å². The van der Waals surface area contributed by atoms with Crippen molar-refractivity contribution in [2.45, 2.75) is 32.1 Å². The number of carboxylic acids is 1. The van der Waals surface area contributed by atoms with Gasteiger partial charge in [-0.25, -0.2) is 4.79 Å². The van der Waals surface area contributed by atoms with Crippen LogP contribution in [0.2, 0.25) is 0 Å². The fourth-order valence-electron chi connectivity index (χ4n) is 5.15. The molecule has 3 amide bonds. The molecule has 27 heavy (non-hydrogen) atoms. The quantitative estimate of drug-likeness (QED) is 0.769. The molecule has 4 heterocycles. The van der Waals surface area contributed by atoms with E-state index >= 15 is 0 Å². The topological polar surface area (TPSA) is 90.4 Å². The predicted octanol–water partition coefficient (Wildman–Crippen LogP) is 0.864. The summed E-state index contributed by atoms with van der Waals surface area (Å²) in [4.78, 5) is 42.9. The van der Waals surface area contributed by atoms with Crippen LogP contribution < -0.4 is 0 Å². The Balaban J connectivity index is 1.34. The van der Waals surface area contributed by atoms with E-state index in [1.807, 2.05) is 9.80 Å². The van der Waals surface area contributed by atoms with Gasteiger partial charge < -0.3 is 24.5 Å². The summed E-state index contributed by atoms with van der Waals surface area (Å²) in [6, 6.07) is 0.104. The molecule has 0 aromatic heterocycles. The van der Waals surface area contributed by atoms with Crippen molar-refractivity contribution >= 4 is 17.9 Å². The largest absolute Gasteiger partial charge is 0.481 e. The van der Waals surface area contributed by atoms with E-state index in [2.05, 4.69) is 0 Å². The minimum absolute atomic E-state index is 0.0540. The molecule has 4 saturated heterocycles. The molecule has 8 nitrogen and oxygen atoms in total. The van der Waals surface area contributed by atoms with Gasteiger partial charge in [0.2, 0.25) is 5.91 Å². The van der Waals surface area contributed by atoms with E-state index in [1.165, 1.54) is 0 Å². The molecule has 4 aliphatic rings. The van der Waals surface area contributed by atoms with Crippen molar-refractivity contribution in [2.75, 3.05) is 52.5 Å². The standard InChI is InChI=1S/C19H29N3O5/c23-16(22-11-15-12-27-10-5-19(15,13-22)17(24)25)14-3-8-21(9-4-14)18(26)20-6-1-2-7-20/h14-15H,1-13H2,(H,24,25)/t15-,19+/m0/s1. The summed E-state index contributed by atoms with van der Waals surface area (Å²) < 4.78 is 5.47. The summed E-state index contributed by atoms with van der Waals surface area (Å²) in [6.45, 7) is 4.52. The normalized spacial score (nSPS) is 31.9. The maximum Gasteiger partial charge on any atom is 0.319 e. The average molecular weight is 379 g/mol. The summed E-state index contributed by atoms with van der Waals surface area (Å²) in [5.74, 6) is -0.987. The van der Waals surface area contributed by atoms with Crippen LogP contribution in [0.1, 0.15) is 32.1 Å². The monoisotopic (exact) mass is 379 g/mol. The number of nitrogens with zero attached hydrogens (tertiary/aromatic N) is 3. The van der Waals surface area contributed by atoms with E-state index in [0.717, 1.165) is 25.9 Å². The Morgan fingerprint density at radius 2 is 1.63 bits per heavy atom. The van der Waals surface area contributed by atoms with Gasteiger partial charge in [-0.2, -0.15) is 0 Å². The molecule has 0 radical (unpaired) electrons. The average Bonchev–Trinajstić information content (AvgIpc) is 3.35. The molecular formula is C19H29N3O5. The molecule has 0 unspecified atom stereocenters. The first-order valence-corrected chi connectivity index (χ1v) is 10.1. The van der Waals surface area contributed by atoms with Gasteiger partial charge in [-0.1, -0.05) is 0 Å². The second-order valence-electron chi connectivity index (χ2n) is 8.44. The third kappa shape index (κ3) is 3.28. The van der Waals surface area contributed by atoms with Gasteiger partial charge in [-0.3, -0.25) is 9.59 Å². The number of urea groups is 1. The molecular weight excluding hydrogens is 350 g/mol. The molecule has 0 aromatic carbocycles. The highest BCUT2D eigenvalue weighted by atomic mass is 16.5. The molecule has 150 valence electrons. The number of fused-ring (bicyclic) bond motifs is 1. The zero-order valence-electron chi connectivity index (χ0n) is 15.8. The Bertz CT molecular complexity index is 612. The van der Waals surface area contributed by atoms with Crippen molar-refractivity contribution in [3.8, 4) is 0 Å². The van der Waals surface area contributed by atoms with E-state index in [9.17, 15) is 19.5 Å². The molecule has 4 rings (SSSR count). The number of carbonyl (C=O) groups is 3. The van der Waals surface area contributed by atoms with E-state index in [4.69, 9.17) is 4.74 Å². The number of carbonyl (C=O) groups excluding carboxylic acids is 2. The molecule has 2 atom stereocenters. The van der Waals surface area contributed by atoms with Crippen LogP contribution in [0.3, 0.4) is 0 Å². The minimum Gasteiger partial charge on any atom is -0.481 e. The van der Waals surface area contributed by atoms with Gasteiger partial charge in [0.15, 0.2) is 0 Å². The third-order valence-corrected chi connectivity index (χ3v) is 6.94. The Labute approximate surface area is 159 Å². The smallest absolute Gasteiger partial charge is 0.319 e. The summed E-state index contributed by atoms with van der Waals surface area (Å²) in [7, 11) is 0. The van der Waals surface area contributed by atoms with Gasteiger partial charge in [-0.15, -0.1) is 0 Å². The van der Waals surface area contributed by atoms with Crippen molar-refractivity contribution in [2.24, 2.45) is 17.3 Å². The molecule has 0 aromatic rings. The fraction of sp³-hybridized carbons (Fsp3) is 0.842. The predicted molar refractivity (Wildman–Crippen MR) is 96.1 cm³/mol. The lowest BCUT2D eigenvalue weighted by molar-refractivity contribution is -0.157. The lowest BCUT2D eigenvalue weighted by atomic mass is 9.74. The molecule has 0 aliphatic carbocycles. The van der Waals surface area contributed by atoms with Gasteiger partial charge in [0.05, 0.1) is 12.0 Å². The van der Waals surface area contributed by atoms with Crippen LogP contribution in [-0.2, 0) is 14.3 Å². The molecule has 0 saturated carbocycles. The van der Waals surface area contributed by atoms with Crippen LogP contribution in [0.4, 0.5) is 4.79 Å². The number of rotatable bonds is 2. The minimum atomic E-state index is -0.847. The first kappa shape index (κ1) is 18.5. The molecule has 4 aliphatic heterocycles. The Morgan fingerprint density at radius 1 is 0.963 bits per heavy atom. The molecule has 0 spiro atoms. The highest BCUT2D eigenvalue weighted by molar-refractivity contribution is 5.83. The number of piperidine rings is 1. The Hall–Kier alpha value is -1.83. The number of hydrogen-bond acceptors (Lipinski definition) is 4. The molecule has 8 heteroatoms. The van der Waals surface area contributed by atoms with E-state index in [0.29, 0.717) is 58.7 Å². The second-order valence-corrected chi connectivity index (χ2v) is 8.44. The third-order valence-electron chi connectivity index (χ3n) is 6.94. The first-order chi connectivity index (χ1) is 13.0. The molecule has 0 bridgehead atoms. The van der Waals surface area contributed by atoms with Crippen molar-refractivity contribution in [3.63, 3.8) is 0 Å². The van der Waals surface area contributed by atoms with Crippen molar-refractivity contribution in [1.82, 2.24) is 14.7 Å².